The van der Waals surface area contributed by atoms with E-state index in [0.29, 0.717) is 22.4 Å². The summed E-state index contributed by atoms with van der Waals surface area (Å²) in [6.07, 6.45) is 5.27. The van der Waals surface area contributed by atoms with Crippen LogP contribution in [0.5, 0.6) is 0 Å². The first kappa shape index (κ1) is 22.1. The van der Waals surface area contributed by atoms with Crippen LogP contribution >= 0.6 is 0 Å². The summed E-state index contributed by atoms with van der Waals surface area (Å²) in [4.78, 5) is 15.6. The molecule has 2 aromatic heterocycles. The Hall–Kier alpha value is -3.12. The molecule has 1 aliphatic carbocycles. The Morgan fingerprint density at radius 1 is 1.16 bits per heavy atom. The fourth-order valence-electron chi connectivity index (χ4n) is 4.20. The van der Waals surface area contributed by atoms with Gasteiger partial charge in [0.25, 0.3) is 5.56 Å². The molecule has 3 aromatic rings. The van der Waals surface area contributed by atoms with Crippen molar-refractivity contribution in [1.82, 2.24) is 14.8 Å². The van der Waals surface area contributed by atoms with Crippen molar-refractivity contribution < 1.29 is 8.42 Å². The van der Waals surface area contributed by atoms with Gasteiger partial charge in [0.05, 0.1) is 33.2 Å². The average Bonchev–Trinajstić information content (AvgIpc) is 3.12. The lowest BCUT2D eigenvalue weighted by Crippen LogP contribution is -2.27. The summed E-state index contributed by atoms with van der Waals surface area (Å²) in [5, 5.41) is 17.9. The van der Waals surface area contributed by atoms with Crippen LogP contribution in [0.1, 0.15) is 52.5 Å². The Morgan fingerprint density at radius 2 is 1.84 bits per heavy atom. The van der Waals surface area contributed by atoms with Gasteiger partial charge in [-0.3, -0.25) is 9.48 Å². The number of aromatic nitrogens is 3. The fourth-order valence-corrected chi connectivity index (χ4v) is 5.40. The summed E-state index contributed by atoms with van der Waals surface area (Å²) >= 11 is 0. The second-order valence-corrected chi connectivity index (χ2v) is 11.9. The highest BCUT2D eigenvalue weighted by Gasteiger charge is 2.31. The molecule has 1 aliphatic rings. The number of pyridine rings is 1. The van der Waals surface area contributed by atoms with Crippen molar-refractivity contribution in [2.24, 2.45) is 5.92 Å². The number of hydrogen-bond donors (Lipinski definition) is 2. The second-order valence-electron chi connectivity index (χ2n) is 9.21. The van der Waals surface area contributed by atoms with Crippen molar-refractivity contribution in [3.05, 3.63) is 46.9 Å². The van der Waals surface area contributed by atoms with Gasteiger partial charge in [-0.05, 0) is 63.9 Å². The Labute approximate surface area is 187 Å². The zero-order valence-electron chi connectivity index (χ0n) is 18.4. The summed E-state index contributed by atoms with van der Waals surface area (Å²) in [6, 6.07) is 10.6. The van der Waals surface area contributed by atoms with E-state index in [1.54, 1.807) is 62.0 Å². The standard InChI is InChI=1S/C23H27N5O3S/c1-23(2,3)32(30,31)17-10-8-16(9-11-17)26-21-20-19(12-13-25-22(20)29)28(27-21)18-7-5-4-6-15(18)14-24/h8-13,15,18H,4-7H2,1-3H3,(H,25,29)(H,26,27)/t15?,18-/m0/s1. The number of hydrogen-bond acceptors (Lipinski definition) is 6. The van der Waals surface area contributed by atoms with Crippen LogP contribution in [0.3, 0.4) is 0 Å². The van der Waals surface area contributed by atoms with Crippen LogP contribution in [0.2, 0.25) is 0 Å². The molecule has 0 amide bonds. The van der Waals surface area contributed by atoms with E-state index in [4.69, 9.17) is 5.10 Å². The van der Waals surface area contributed by atoms with Gasteiger partial charge in [-0.2, -0.15) is 10.4 Å². The Bertz CT molecular complexity index is 1340. The van der Waals surface area contributed by atoms with Gasteiger partial charge < -0.3 is 10.3 Å². The van der Waals surface area contributed by atoms with E-state index in [1.165, 1.54) is 0 Å². The molecule has 1 saturated carbocycles. The Balaban J connectivity index is 1.73. The number of benzene rings is 1. The molecule has 0 bridgehead atoms. The second kappa shape index (κ2) is 8.10. The first-order valence-corrected chi connectivity index (χ1v) is 12.2. The van der Waals surface area contributed by atoms with Crippen molar-refractivity contribution in [2.45, 2.75) is 62.1 Å². The minimum Gasteiger partial charge on any atom is -0.338 e. The fraction of sp³-hybridized carbons (Fsp3) is 0.435. The van der Waals surface area contributed by atoms with Gasteiger partial charge in [0.1, 0.15) is 5.39 Å². The van der Waals surface area contributed by atoms with Crippen molar-refractivity contribution in [1.29, 1.82) is 5.26 Å². The van der Waals surface area contributed by atoms with Crippen LogP contribution in [0.25, 0.3) is 10.9 Å². The predicted octanol–water partition coefficient (Wildman–Crippen LogP) is 4.30. The lowest BCUT2D eigenvalue weighted by atomic mass is 9.85. The number of aromatic amines is 1. The first-order chi connectivity index (χ1) is 15.1. The van der Waals surface area contributed by atoms with Crippen LogP contribution < -0.4 is 10.9 Å². The normalized spacial score (nSPS) is 19.6. The van der Waals surface area contributed by atoms with E-state index < -0.39 is 14.6 Å². The van der Waals surface area contributed by atoms with Crippen molar-refractivity contribution in [2.75, 3.05) is 5.32 Å². The maximum atomic E-state index is 12.7. The third kappa shape index (κ3) is 3.79. The maximum absolute atomic E-state index is 12.7. The highest BCUT2D eigenvalue weighted by Crippen LogP contribution is 2.36. The quantitative estimate of drug-likeness (QED) is 0.608. The molecular formula is C23H27N5O3S. The number of sulfone groups is 1. The maximum Gasteiger partial charge on any atom is 0.261 e. The number of rotatable bonds is 4. The smallest absolute Gasteiger partial charge is 0.261 e. The van der Waals surface area contributed by atoms with Crippen LogP contribution in [-0.4, -0.2) is 27.9 Å². The average molecular weight is 454 g/mol. The van der Waals surface area contributed by atoms with Gasteiger partial charge in [-0.1, -0.05) is 12.8 Å². The Morgan fingerprint density at radius 3 is 2.50 bits per heavy atom. The lowest BCUT2D eigenvalue weighted by Gasteiger charge is -2.27. The molecule has 9 heteroatoms. The minimum atomic E-state index is -3.46. The summed E-state index contributed by atoms with van der Waals surface area (Å²) in [6.45, 7) is 5.00. The van der Waals surface area contributed by atoms with Gasteiger partial charge >= 0.3 is 0 Å². The van der Waals surface area contributed by atoms with Gasteiger partial charge in [0, 0.05) is 11.9 Å². The molecule has 0 aliphatic heterocycles. The third-order valence-corrected chi connectivity index (χ3v) is 8.58. The zero-order chi connectivity index (χ0) is 23.1. The monoisotopic (exact) mass is 453 g/mol. The van der Waals surface area contributed by atoms with Crippen molar-refractivity contribution >= 4 is 32.2 Å². The van der Waals surface area contributed by atoms with E-state index in [1.807, 2.05) is 0 Å². The number of fused-ring (bicyclic) bond motifs is 1. The van der Waals surface area contributed by atoms with Crippen LogP contribution in [0.15, 0.2) is 46.2 Å². The number of H-pyrrole nitrogens is 1. The predicted molar refractivity (Wildman–Crippen MR) is 124 cm³/mol. The molecule has 1 fully saturated rings. The van der Waals surface area contributed by atoms with E-state index in [9.17, 15) is 18.5 Å². The Kier molecular flexibility index (Phi) is 5.59. The van der Waals surface area contributed by atoms with Crippen LogP contribution in [-0.2, 0) is 9.84 Å². The molecule has 0 saturated heterocycles. The molecule has 1 unspecified atom stereocenters. The summed E-state index contributed by atoms with van der Waals surface area (Å²) in [5.74, 6) is 0.233. The molecule has 1 aromatic carbocycles. The molecule has 2 N–H and O–H groups in total. The van der Waals surface area contributed by atoms with Gasteiger partial charge in [-0.15, -0.1) is 0 Å². The molecule has 2 heterocycles. The molecule has 2 atom stereocenters. The molecule has 0 spiro atoms. The van der Waals surface area contributed by atoms with E-state index in [0.717, 1.165) is 25.7 Å². The highest BCUT2D eigenvalue weighted by atomic mass is 32.2. The molecule has 32 heavy (non-hydrogen) atoms. The van der Waals surface area contributed by atoms with Crippen molar-refractivity contribution in [3.8, 4) is 6.07 Å². The van der Waals surface area contributed by atoms with Gasteiger partial charge in [0.15, 0.2) is 15.7 Å². The summed E-state index contributed by atoms with van der Waals surface area (Å²) in [5.41, 5.74) is 1.02. The highest BCUT2D eigenvalue weighted by molar-refractivity contribution is 7.92. The summed E-state index contributed by atoms with van der Waals surface area (Å²) in [7, 11) is -3.46. The largest absolute Gasteiger partial charge is 0.338 e. The zero-order valence-corrected chi connectivity index (χ0v) is 19.2. The lowest BCUT2D eigenvalue weighted by molar-refractivity contribution is 0.277. The topological polar surface area (TPSA) is 121 Å². The van der Waals surface area contributed by atoms with Crippen molar-refractivity contribution in [3.63, 3.8) is 0 Å². The van der Waals surface area contributed by atoms with Crippen LogP contribution in [0, 0.1) is 17.2 Å². The van der Waals surface area contributed by atoms with E-state index in [-0.39, 0.29) is 22.4 Å². The summed E-state index contributed by atoms with van der Waals surface area (Å²) < 4.78 is 26.2. The molecule has 4 rings (SSSR count). The van der Waals surface area contributed by atoms with E-state index in [2.05, 4.69) is 16.4 Å². The number of anilines is 2. The van der Waals surface area contributed by atoms with Gasteiger partial charge in [-0.25, -0.2) is 8.42 Å². The molecular weight excluding hydrogens is 426 g/mol. The number of nitrogens with one attached hydrogen (secondary N) is 2. The molecule has 8 nitrogen and oxygen atoms in total. The number of nitriles is 1. The van der Waals surface area contributed by atoms with Gasteiger partial charge in [0.2, 0.25) is 0 Å². The van der Waals surface area contributed by atoms with E-state index >= 15 is 0 Å². The third-order valence-electron chi connectivity index (χ3n) is 6.07. The SMILES string of the molecule is CC(C)(C)S(=O)(=O)c1ccc(Nc2nn([C@H]3CCCCC3C#N)c3cc[nH]c(=O)c23)cc1. The van der Waals surface area contributed by atoms with Crippen LogP contribution in [0.4, 0.5) is 11.5 Å². The molecule has 0 radical (unpaired) electrons. The number of nitrogens with zero attached hydrogens (tertiary/aromatic N) is 3. The molecule has 168 valence electrons. The first-order valence-electron chi connectivity index (χ1n) is 10.7. The minimum absolute atomic E-state index is 0.0899.